The Morgan fingerprint density at radius 3 is 1.52 bits per heavy atom. The monoisotopic (exact) mass is 784 g/mol. The number of phosphoric acid groups is 1. The van der Waals surface area contributed by atoms with Gasteiger partial charge in [0.05, 0.1) is 39.9 Å². The minimum Gasteiger partial charge on any atom is -0.387 e. The van der Waals surface area contributed by atoms with Crippen LogP contribution < -0.4 is 5.32 Å². The maximum absolute atomic E-state index is 12.9. The fourth-order valence-corrected chi connectivity index (χ4v) is 7.00. The van der Waals surface area contributed by atoms with Crippen LogP contribution in [0.4, 0.5) is 0 Å². The van der Waals surface area contributed by atoms with Crippen LogP contribution in [0.3, 0.4) is 0 Å². The van der Waals surface area contributed by atoms with Crippen LogP contribution in [0.15, 0.2) is 36.5 Å². The molecule has 0 aromatic heterocycles. The zero-order valence-corrected chi connectivity index (χ0v) is 36.9. The van der Waals surface area contributed by atoms with E-state index in [4.69, 9.17) is 9.05 Å². The lowest BCUT2D eigenvalue weighted by atomic mass is 10.0. The lowest BCUT2D eigenvalue weighted by Crippen LogP contribution is -2.45. The number of rotatable bonds is 40. The first kappa shape index (κ1) is 52.7. The molecule has 0 fully saturated rings. The van der Waals surface area contributed by atoms with Crippen molar-refractivity contribution in [1.29, 1.82) is 0 Å². The van der Waals surface area contributed by atoms with Crippen molar-refractivity contribution in [1.82, 2.24) is 5.32 Å². The van der Waals surface area contributed by atoms with Crippen molar-refractivity contribution in [3.05, 3.63) is 36.5 Å². The lowest BCUT2D eigenvalue weighted by Gasteiger charge is -2.25. The minimum atomic E-state index is -4.33. The van der Waals surface area contributed by atoms with Gasteiger partial charge in [-0.1, -0.05) is 179 Å². The van der Waals surface area contributed by atoms with Crippen LogP contribution in [0, 0.1) is 0 Å². The second-order valence-corrected chi connectivity index (χ2v) is 17.9. The average molecular weight is 784 g/mol. The number of hydrogen-bond donors (Lipinski definition) is 3. The van der Waals surface area contributed by atoms with E-state index < -0.39 is 20.0 Å². The molecule has 0 saturated heterocycles. The van der Waals surface area contributed by atoms with E-state index in [0.29, 0.717) is 17.4 Å². The van der Waals surface area contributed by atoms with Gasteiger partial charge in [-0.05, 0) is 44.9 Å². The lowest BCUT2D eigenvalue weighted by molar-refractivity contribution is -0.870. The Balaban J connectivity index is 4.39. The van der Waals surface area contributed by atoms with Gasteiger partial charge in [0.15, 0.2) is 0 Å². The van der Waals surface area contributed by atoms with Crippen LogP contribution >= 0.6 is 7.82 Å². The second kappa shape index (κ2) is 37.3. The van der Waals surface area contributed by atoms with Crippen LogP contribution in [-0.4, -0.2) is 73.4 Å². The number of aliphatic hydroxyl groups excluding tert-OH is 1. The number of amides is 1. The highest BCUT2D eigenvalue weighted by Gasteiger charge is 2.27. The molecule has 0 aliphatic heterocycles. The van der Waals surface area contributed by atoms with Gasteiger partial charge in [0.25, 0.3) is 0 Å². The van der Waals surface area contributed by atoms with Crippen LogP contribution in [0.1, 0.15) is 194 Å². The van der Waals surface area contributed by atoms with E-state index in [9.17, 15) is 19.4 Å². The summed E-state index contributed by atoms with van der Waals surface area (Å²) in [5, 5.41) is 13.8. The number of hydrogen-bond acceptors (Lipinski definition) is 5. The van der Waals surface area contributed by atoms with Crippen molar-refractivity contribution in [3.8, 4) is 0 Å². The Kier molecular flexibility index (Phi) is 36.4. The molecule has 0 radical (unpaired) electrons. The Hall–Kier alpha value is -1.28. The molecule has 0 rings (SSSR count). The Morgan fingerprint density at radius 2 is 1.04 bits per heavy atom. The van der Waals surface area contributed by atoms with Crippen molar-refractivity contribution < 1.29 is 32.9 Å². The first-order chi connectivity index (χ1) is 26.0. The Labute approximate surface area is 334 Å². The van der Waals surface area contributed by atoms with Crippen LogP contribution in [0.25, 0.3) is 0 Å². The molecule has 0 spiro atoms. The Bertz CT molecular complexity index is 980. The van der Waals surface area contributed by atoms with E-state index in [1.165, 1.54) is 135 Å². The average Bonchev–Trinajstić information content (AvgIpc) is 3.12. The van der Waals surface area contributed by atoms with Gasteiger partial charge in [-0.15, -0.1) is 0 Å². The van der Waals surface area contributed by atoms with Gasteiger partial charge in [-0.2, -0.15) is 0 Å². The smallest absolute Gasteiger partial charge is 0.387 e. The summed E-state index contributed by atoms with van der Waals surface area (Å²) in [6.45, 7) is 4.77. The number of aliphatic hydroxyl groups is 1. The third-order valence-corrected chi connectivity index (χ3v) is 10.9. The zero-order valence-electron chi connectivity index (χ0n) is 36.0. The second-order valence-electron chi connectivity index (χ2n) is 16.5. The fourth-order valence-electron chi connectivity index (χ4n) is 6.27. The van der Waals surface area contributed by atoms with E-state index in [1.807, 2.05) is 27.2 Å². The number of unbranched alkanes of at least 4 members (excludes halogenated alkanes) is 24. The molecule has 3 N–H and O–H groups in total. The van der Waals surface area contributed by atoms with Crippen LogP contribution in [0.5, 0.6) is 0 Å². The number of phosphoric ester groups is 1. The predicted molar refractivity (Wildman–Crippen MR) is 231 cm³/mol. The Morgan fingerprint density at radius 1 is 0.630 bits per heavy atom. The third kappa shape index (κ3) is 39.0. The molecule has 0 saturated carbocycles. The summed E-state index contributed by atoms with van der Waals surface area (Å²) >= 11 is 0. The summed E-state index contributed by atoms with van der Waals surface area (Å²) in [5.74, 6) is -0.182. The number of likely N-dealkylation sites (N-methyl/N-ethyl adjacent to an activating group) is 1. The SMILES string of the molecule is CCCCC/C=C\C=C/CCCCCCCCCCCCC(=O)NC(COP(=O)(O)OCC[N+](C)(C)C)C(O)/C=C/CCCCCCCCCCCCC. The van der Waals surface area contributed by atoms with Crippen molar-refractivity contribution in [2.45, 2.75) is 206 Å². The van der Waals surface area contributed by atoms with Crippen LogP contribution in [0.2, 0.25) is 0 Å². The third-order valence-electron chi connectivity index (χ3n) is 9.88. The van der Waals surface area contributed by atoms with Crippen LogP contribution in [-0.2, 0) is 18.4 Å². The van der Waals surface area contributed by atoms with E-state index in [-0.39, 0.29) is 19.1 Å². The molecule has 0 aromatic carbocycles. The highest BCUT2D eigenvalue weighted by atomic mass is 31.2. The van der Waals surface area contributed by atoms with Gasteiger partial charge in [-0.25, -0.2) is 4.57 Å². The van der Waals surface area contributed by atoms with Gasteiger partial charge in [0, 0.05) is 6.42 Å². The van der Waals surface area contributed by atoms with Gasteiger partial charge in [0.2, 0.25) is 5.91 Å². The summed E-state index contributed by atoms with van der Waals surface area (Å²) in [6, 6.07) is -0.846. The van der Waals surface area contributed by atoms with Gasteiger partial charge in [0.1, 0.15) is 13.2 Å². The molecule has 9 heteroatoms. The molecule has 1 amide bonds. The highest BCUT2D eigenvalue weighted by molar-refractivity contribution is 7.47. The molecule has 0 bridgehead atoms. The number of carbonyl (C=O) groups is 1. The number of nitrogens with one attached hydrogen (secondary N) is 1. The predicted octanol–water partition coefficient (Wildman–Crippen LogP) is 12.3. The summed E-state index contributed by atoms with van der Waals surface area (Å²) in [6.07, 6.45) is 44.9. The number of nitrogens with zero attached hydrogens (tertiary/aromatic N) is 1. The topological polar surface area (TPSA) is 105 Å². The van der Waals surface area contributed by atoms with E-state index in [0.717, 1.165) is 38.5 Å². The molecule has 3 atom stereocenters. The maximum atomic E-state index is 12.9. The molecule has 54 heavy (non-hydrogen) atoms. The van der Waals surface area contributed by atoms with Crippen molar-refractivity contribution in [2.75, 3.05) is 40.9 Å². The van der Waals surface area contributed by atoms with Crippen molar-refractivity contribution in [3.63, 3.8) is 0 Å². The molecule has 0 aromatic rings. The van der Waals surface area contributed by atoms with Crippen molar-refractivity contribution in [2.24, 2.45) is 0 Å². The first-order valence-electron chi connectivity index (χ1n) is 22.4. The maximum Gasteiger partial charge on any atom is 0.472 e. The number of allylic oxidation sites excluding steroid dienone is 5. The van der Waals surface area contributed by atoms with Gasteiger partial charge >= 0.3 is 7.82 Å². The van der Waals surface area contributed by atoms with Gasteiger partial charge < -0.3 is 19.8 Å². The summed E-state index contributed by atoms with van der Waals surface area (Å²) in [4.78, 5) is 23.1. The number of carbonyl (C=O) groups excluding carboxylic acids is 1. The largest absolute Gasteiger partial charge is 0.472 e. The summed E-state index contributed by atoms with van der Waals surface area (Å²) in [5.41, 5.74) is 0. The molecule has 3 unspecified atom stereocenters. The standard InChI is InChI=1S/C45H87N2O6P/c1-6-8-10-12-14-16-18-20-21-22-23-24-25-27-29-31-33-35-37-39-45(49)46-43(42-53-54(50,51)52-41-40-47(3,4)5)44(48)38-36-34-32-30-28-26-19-17-15-13-11-9-7-2/h14,16,18,20,36,38,43-44,48H,6-13,15,17,19,21-35,37,39-42H2,1-5H3,(H-,46,49,50,51)/p+1/b16-14-,20-18-,38-36+. The normalized spacial score (nSPS) is 14.7. The fraction of sp³-hybridized carbons (Fsp3) is 0.844. The molecule has 0 heterocycles. The van der Waals surface area contributed by atoms with Crippen molar-refractivity contribution >= 4 is 13.7 Å². The molecular formula is C45H88N2O6P+. The first-order valence-corrected chi connectivity index (χ1v) is 23.9. The summed E-state index contributed by atoms with van der Waals surface area (Å²) < 4.78 is 23.5. The number of quaternary nitrogens is 1. The van der Waals surface area contributed by atoms with Gasteiger partial charge in [-0.3, -0.25) is 13.8 Å². The molecule has 8 nitrogen and oxygen atoms in total. The van der Waals surface area contributed by atoms with E-state index in [1.54, 1.807) is 6.08 Å². The quantitative estimate of drug-likeness (QED) is 0.0188. The minimum absolute atomic E-state index is 0.0606. The van der Waals surface area contributed by atoms with E-state index in [2.05, 4.69) is 43.5 Å². The molecule has 0 aliphatic rings. The van der Waals surface area contributed by atoms with E-state index >= 15 is 0 Å². The molecule has 318 valence electrons. The summed E-state index contributed by atoms with van der Waals surface area (Å²) in [7, 11) is 1.57. The highest BCUT2D eigenvalue weighted by Crippen LogP contribution is 2.43. The molecule has 0 aliphatic carbocycles. The zero-order chi connectivity index (χ0) is 40.0. The molecular weight excluding hydrogens is 695 g/mol.